The van der Waals surface area contributed by atoms with Crippen LogP contribution in [0.15, 0.2) is 30.3 Å². The Balaban J connectivity index is 1.81. The molecule has 140 valence electrons. The van der Waals surface area contributed by atoms with Crippen molar-refractivity contribution in [2.45, 2.75) is 25.3 Å². The highest BCUT2D eigenvalue weighted by molar-refractivity contribution is 5.85. The van der Waals surface area contributed by atoms with Gasteiger partial charge in [-0.1, -0.05) is 12.1 Å². The molecule has 1 fully saturated rings. The number of fused-ring (bicyclic) bond motifs is 3. The maximum atomic E-state index is 9.64. The monoisotopic (exact) mass is 363 g/mol. The molecule has 1 aromatic carbocycles. The number of anilines is 1. The van der Waals surface area contributed by atoms with Crippen LogP contribution in [0.25, 0.3) is 16.7 Å². The van der Waals surface area contributed by atoms with Gasteiger partial charge in [0.15, 0.2) is 5.65 Å². The number of nitrogens with one attached hydrogen (secondary N) is 1. The molecular formula is C21H25N5O. The fourth-order valence-electron chi connectivity index (χ4n) is 4.01. The van der Waals surface area contributed by atoms with Crippen LogP contribution in [0.5, 0.6) is 0 Å². The number of pyridine rings is 1. The molecule has 3 aromatic rings. The van der Waals surface area contributed by atoms with E-state index in [0.29, 0.717) is 11.2 Å². The summed E-state index contributed by atoms with van der Waals surface area (Å²) in [5.41, 5.74) is 4.25. The molecular weight excluding hydrogens is 338 g/mol. The molecule has 0 saturated carbocycles. The summed E-state index contributed by atoms with van der Waals surface area (Å²) in [4.78, 5) is 7.03. The van der Waals surface area contributed by atoms with Crippen LogP contribution in [-0.2, 0) is 4.74 Å². The van der Waals surface area contributed by atoms with E-state index in [4.69, 9.17) is 9.72 Å². The first-order valence-electron chi connectivity index (χ1n) is 9.36. The molecule has 0 aliphatic carbocycles. The Morgan fingerprint density at radius 2 is 2.04 bits per heavy atom. The molecule has 6 nitrogen and oxygen atoms in total. The molecule has 1 saturated heterocycles. The SMILES string of the molecule is Cc1cc(NCC2(N(C)C)CCOCC2)n2c(nc3ccccc32)c1C#N. The van der Waals surface area contributed by atoms with Crippen molar-refractivity contribution in [2.24, 2.45) is 0 Å². The van der Waals surface area contributed by atoms with Crippen molar-refractivity contribution in [3.63, 3.8) is 0 Å². The summed E-state index contributed by atoms with van der Waals surface area (Å²) < 4.78 is 7.66. The number of likely N-dealkylation sites (N-methyl/N-ethyl adjacent to an activating group) is 1. The Bertz CT molecular complexity index is 1020. The third-order valence-electron chi connectivity index (χ3n) is 5.86. The van der Waals surface area contributed by atoms with Gasteiger partial charge in [-0.3, -0.25) is 4.40 Å². The quantitative estimate of drug-likeness (QED) is 0.771. The average molecular weight is 363 g/mol. The van der Waals surface area contributed by atoms with Crippen LogP contribution < -0.4 is 5.32 Å². The fourth-order valence-corrected chi connectivity index (χ4v) is 4.01. The molecule has 2 aromatic heterocycles. The van der Waals surface area contributed by atoms with Crippen molar-refractivity contribution in [2.75, 3.05) is 39.2 Å². The third kappa shape index (κ3) is 2.93. The lowest BCUT2D eigenvalue weighted by molar-refractivity contribution is -0.000671. The number of benzene rings is 1. The molecule has 0 spiro atoms. The zero-order valence-electron chi connectivity index (χ0n) is 16.1. The van der Waals surface area contributed by atoms with Crippen LogP contribution in [0.3, 0.4) is 0 Å². The van der Waals surface area contributed by atoms with E-state index in [1.54, 1.807) is 0 Å². The van der Waals surface area contributed by atoms with E-state index in [2.05, 4.69) is 40.8 Å². The average Bonchev–Trinajstić information content (AvgIpc) is 3.06. The molecule has 0 unspecified atom stereocenters. The summed E-state index contributed by atoms with van der Waals surface area (Å²) in [6.07, 6.45) is 1.99. The van der Waals surface area contributed by atoms with Gasteiger partial charge in [-0.15, -0.1) is 0 Å². The molecule has 0 radical (unpaired) electrons. The summed E-state index contributed by atoms with van der Waals surface area (Å²) in [5.74, 6) is 0.975. The van der Waals surface area contributed by atoms with Gasteiger partial charge in [-0.25, -0.2) is 4.98 Å². The second-order valence-electron chi connectivity index (χ2n) is 7.54. The van der Waals surface area contributed by atoms with E-state index in [-0.39, 0.29) is 5.54 Å². The van der Waals surface area contributed by atoms with E-state index in [1.807, 2.05) is 31.2 Å². The van der Waals surface area contributed by atoms with Crippen LogP contribution in [-0.4, -0.2) is 53.7 Å². The Morgan fingerprint density at radius 3 is 2.74 bits per heavy atom. The Morgan fingerprint density at radius 1 is 1.30 bits per heavy atom. The Kier molecular flexibility index (Phi) is 4.50. The maximum absolute atomic E-state index is 9.64. The first-order valence-corrected chi connectivity index (χ1v) is 9.36. The minimum Gasteiger partial charge on any atom is -0.381 e. The summed E-state index contributed by atoms with van der Waals surface area (Å²) >= 11 is 0. The second-order valence-corrected chi connectivity index (χ2v) is 7.54. The molecule has 3 heterocycles. The van der Waals surface area contributed by atoms with Crippen LogP contribution in [0.2, 0.25) is 0 Å². The van der Waals surface area contributed by atoms with Gasteiger partial charge in [-0.05, 0) is 57.6 Å². The zero-order valence-corrected chi connectivity index (χ0v) is 16.1. The van der Waals surface area contributed by atoms with Gasteiger partial charge in [0, 0.05) is 25.3 Å². The topological polar surface area (TPSA) is 65.6 Å². The predicted octanol–water partition coefficient (Wildman–Crippen LogP) is 3.19. The second kappa shape index (κ2) is 6.84. The number of hydrogen-bond acceptors (Lipinski definition) is 5. The van der Waals surface area contributed by atoms with Gasteiger partial charge in [0.25, 0.3) is 0 Å². The molecule has 0 amide bonds. The van der Waals surface area contributed by atoms with Gasteiger partial charge in [0.05, 0.1) is 16.6 Å². The molecule has 1 aliphatic heterocycles. The van der Waals surface area contributed by atoms with Gasteiger partial charge in [-0.2, -0.15) is 5.26 Å². The first kappa shape index (κ1) is 17.8. The summed E-state index contributed by atoms with van der Waals surface area (Å²) in [7, 11) is 4.28. The fraction of sp³-hybridized carbons (Fsp3) is 0.429. The maximum Gasteiger partial charge on any atom is 0.157 e. The van der Waals surface area contributed by atoms with Crippen molar-refractivity contribution in [1.82, 2.24) is 14.3 Å². The minimum atomic E-state index is 0.0583. The summed E-state index contributed by atoms with van der Waals surface area (Å²) in [6, 6.07) is 12.4. The van der Waals surface area contributed by atoms with Crippen molar-refractivity contribution in [3.05, 3.63) is 41.5 Å². The van der Waals surface area contributed by atoms with Crippen LogP contribution in [0.4, 0.5) is 5.82 Å². The van der Waals surface area contributed by atoms with E-state index >= 15 is 0 Å². The molecule has 4 rings (SSSR count). The summed E-state index contributed by atoms with van der Waals surface area (Å²) in [6.45, 7) is 4.36. The Labute approximate surface area is 159 Å². The molecule has 6 heteroatoms. The van der Waals surface area contributed by atoms with Crippen molar-refractivity contribution in [3.8, 4) is 6.07 Å². The molecule has 27 heavy (non-hydrogen) atoms. The first-order chi connectivity index (χ1) is 13.1. The third-order valence-corrected chi connectivity index (χ3v) is 5.86. The van der Waals surface area contributed by atoms with Gasteiger partial charge >= 0.3 is 0 Å². The van der Waals surface area contributed by atoms with Gasteiger partial charge in [0.2, 0.25) is 0 Å². The van der Waals surface area contributed by atoms with Crippen molar-refractivity contribution in [1.29, 1.82) is 5.26 Å². The van der Waals surface area contributed by atoms with Gasteiger partial charge < -0.3 is 15.0 Å². The molecule has 0 bridgehead atoms. The van der Waals surface area contributed by atoms with Crippen LogP contribution in [0.1, 0.15) is 24.0 Å². The summed E-state index contributed by atoms with van der Waals surface area (Å²) in [5, 5.41) is 13.3. The number of aryl methyl sites for hydroxylation is 1. The number of nitriles is 1. The predicted molar refractivity (Wildman–Crippen MR) is 107 cm³/mol. The van der Waals surface area contributed by atoms with E-state index < -0.39 is 0 Å². The molecule has 1 aliphatic rings. The number of imidazole rings is 1. The number of rotatable bonds is 4. The van der Waals surface area contributed by atoms with Crippen LogP contribution >= 0.6 is 0 Å². The lowest BCUT2D eigenvalue weighted by Crippen LogP contribution is -2.53. The lowest BCUT2D eigenvalue weighted by atomic mass is 9.88. The Hall–Kier alpha value is -2.62. The standard InChI is InChI=1S/C21H25N5O/c1-15-12-19(23-14-21(25(2)3)8-10-27-11-9-21)26-18-7-5-4-6-17(18)24-20(26)16(15)13-22/h4-7,12,23H,8-11,14H2,1-3H3. The van der Waals surface area contributed by atoms with Crippen LogP contribution in [0, 0.1) is 18.3 Å². The lowest BCUT2D eigenvalue weighted by Gasteiger charge is -2.43. The highest BCUT2D eigenvalue weighted by atomic mass is 16.5. The number of nitrogens with zero attached hydrogens (tertiary/aromatic N) is 4. The normalized spacial score (nSPS) is 16.7. The van der Waals surface area contributed by atoms with E-state index in [1.165, 1.54) is 0 Å². The zero-order chi connectivity index (χ0) is 19.0. The minimum absolute atomic E-state index is 0.0583. The number of ether oxygens (including phenoxy) is 1. The number of para-hydroxylation sites is 2. The largest absolute Gasteiger partial charge is 0.381 e. The highest BCUT2D eigenvalue weighted by Gasteiger charge is 2.34. The highest BCUT2D eigenvalue weighted by Crippen LogP contribution is 2.29. The molecule has 0 atom stereocenters. The number of aromatic nitrogens is 2. The van der Waals surface area contributed by atoms with E-state index in [0.717, 1.165) is 55.0 Å². The van der Waals surface area contributed by atoms with E-state index in [9.17, 15) is 5.26 Å². The van der Waals surface area contributed by atoms with Crippen molar-refractivity contribution < 1.29 is 4.74 Å². The number of hydrogen-bond donors (Lipinski definition) is 1. The van der Waals surface area contributed by atoms with Gasteiger partial charge in [0.1, 0.15) is 11.9 Å². The molecule has 1 N–H and O–H groups in total. The smallest absolute Gasteiger partial charge is 0.157 e. The van der Waals surface area contributed by atoms with Crippen molar-refractivity contribution >= 4 is 22.5 Å².